The maximum absolute atomic E-state index is 12.1. The summed E-state index contributed by atoms with van der Waals surface area (Å²) in [6.45, 7) is 7.37. The molecule has 39 heavy (non-hydrogen) atoms. The summed E-state index contributed by atoms with van der Waals surface area (Å²) in [5.41, 5.74) is 10.7. The molecule has 1 unspecified atom stereocenters. The Morgan fingerprint density at radius 1 is 1.33 bits per heavy atom. The first kappa shape index (κ1) is 26.2. The largest absolute Gasteiger partial charge is 0.493 e. The third-order valence-corrected chi connectivity index (χ3v) is 7.37. The average molecular weight is 546 g/mol. The van der Waals surface area contributed by atoms with Crippen LogP contribution in [0.25, 0.3) is 11.0 Å². The van der Waals surface area contributed by atoms with Gasteiger partial charge in [0.25, 0.3) is 5.91 Å². The van der Waals surface area contributed by atoms with E-state index in [2.05, 4.69) is 31.2 Å². The second kappa shape index (κ2) is 10.4. The normalized spacial score (nSPS) is 14.1. The molecule has 1 aliphatic rings. The Morgan fingerprint density at radius 3 is 2.79 bits per heavy atom. The van der Waals surface area contributed by atoms with Crippen LogP contribution in [0.2, 0.25) is 5.02 Å². The Hall–Kier alpha value is -4.43. The topological polar surface area (TPSA) is 148 Å². The van der Waals surface area contributed by atoms with Gasteiger partial charge >= 0.3 is 0 Å². The number of hydrogen-bond donors (Lipinski definition) is 2. The summed E-state index contributed by atoms with van der Waals surface area (Å²) >= 11 is 6.72. The number of carbonyl (C=O) groups is 1. The maximum atomic E-state index is 12.1. The number of aryl methyl sites for hydroxylation is 1. The molecule has 0 saturated carbocycles. The lowest BCUT2D eigenvalue weighted by molar-refractivity contribution is 0.0962. The van der Waals surface area contributed by atoms with Crippen molar-refractivity contribution in [1.82, 2.24) is 30.0 Å². The molecule has 200 valence electrons. The number of aromatic nitrogens is 5. The van der Waals surface area contributed by atoms with Crippen LogP contribution in [0.1, 0.15) is 58.5 Å². The highest BCUT2D eigenvalue weighted by atomic mass is 35.5. The van der Waals surface area contributed by atoms with Crippen LogP contribution in [-0.2, 0) is 0 Å². The number of nitriles is 1. The minimum atomic E-state index is -0.328. The van der Waals surface area contributed by atoms with Crippen molar-refractivity contribution in [2.45, 2.75) is 32.7 Å². The first-order valence-electron chi connectivity index (χ1n) is 12.6. The number of nitrogen functional groups attached to an aromatic ring is 1. The first-order chi connectivity index (χ1) is 18.8. The molecule has 4 heterocycles. The minimum absolute atomic E-state index is 0.0245. The summed E-state index contributed by atoms with van der Waals surface area (Å²) in [6, 6.07) is 5.55. The van der Waals surface area contributed by atoms with E-state index in [1.807, 2.05) is 20.8 Å². The quantitative estimate of drug-likeness (QED) is 0.355. The number of hydrogen-bond acceptors (Lipinski definition) is 9. The van der Waals surface area contributed by atoms with Crippen LogP contribution in [0, 0.1) is 18.3 Å². The summed E-state index contributed by atoms with van der Waals surface area (Å²) in [7, 11) is 1.58. The number of halogens is 1. The zero-order valence-corrected chi connectivity index (χ0v) is 22.8. The van der Waals surface area contributed by atoms with Crippen molar-refractivity contribution in [3.63, 3.8) is 0 Å². The second-order valence-electron chi connectivity index (χ2n) is 9.39. The van der Waals surface area contributed by atoms with Crippen LogP contribution in [0.3, 0.4) is 0 Å². The van der Waals surface area contributed by atoms with Gasteiger partial charge in [0.2, 0.25) is 0 Å². The number of pyridine rings is 1. The number of benzene rings is 1. The van der Waals surface area contributed by atoms with Crippen LogP contribution in [0.4, 0.5) is 11.5 Å². The maximum Gasteiger partial charge on any atom is 0.252 e. The van der Waals surface area contributed by atoms with Crippen molar-refractivity contribution in [3.8, 4) is 11.8 Å². The third-order valence-electron chi connectivity index (χ3n) is 7.08. The summed E-state index contributed by atoms with van der Waals surface area (Å²) in [4.78, 5) is 27.0. The van der Waals surface area contributed by atoms with Gasteiger partial charge < -0.3 is 20.7 Å². The molecule has 1 aromatic carbocycles. The zero-order valence-electron chi connectivity index (χ0n) is 22.1. The number of rotatable bonds is 7. The summed E-state index contributed by atoms with van der Waals surface area (Å²) in [5, 5.41) is 18.5. The van der Waals surface area contributed by atoms with Crippen LogP contribution in [0.5, 0.6) is 5.75 Å². The third kappa shape index (κ3) is 4.46. The Labute approximate surface area is 230 Å². The van der Waals surface area contributed by atoms with Gasteiger partial charge in [0, 0.05) is 43.4 Å². The number of carbonyl (C=O) groups excluding carboxylic acids is 1. The van der Waals surface area contributed by atoms with Gasteiger partial charge in [-0.3, -0.25) is 9.78 Å². The lowest BCUT2D eigenvalue weighted by Crippen LogP contribution is -2.45. The number of fused-ring (bicyclic) bond motifs is 1. The number of nitrogens with two attached hydrogens (primary N) is 1. The van der Waals surface area contributed by atoms with Gasteiger partial charge in [-0.25, -0.2) is 14.6 Å². The fraction of sp³-hybridized carbons (Fsp3) is 0.333. The molecule has 3 aromatic heterocycles. The molecule has 1 fully saturated rings. The van der Waals surface area contributed by atoms with Gasteiger partial charge in [0.15, 0.2) is 5.65 Å². The van der Waals surface area contributed by atoms with Crippen molar-refractivity contribution in [1.29, 1.82) is 5.26 Å². The molecule has 3 N–H and O–H groups in total. The van der Waals surface area contributed by atoms with Crippen molar-refractivity contribution < 1.29 is 9.53 Å². The van der Waals surface area contributed by atoms with Crippen LogP contribution in [0.15, 0.2) is 30.9 Å². The Morgan fingerprint density at radius 2 is 2.10 bits per heavy atom. The van der Waals surface area contributed by atoms with E-state index in [4.69, 9.17) is 27.2 Å². The molecule has 1 amide bonds. The van der Waals surface area contributed by atoms with Gasteiger partial charge in [-0.15, -0.1) is 0 Å². The van der Waals surface area contributed by atoms with Gasteiger partial charge in [0.1, 0.15) is 24.0 Å². The fourth-order valence-corrected chi connectivity index (χ4v) is 5.36. The number of nitrogens with zero attached hydrogens (tertiary/aromatic N) is 7. The van der Waals surface area contributed by atoms with E-state index in [1.54, 1.807) is 30.1 Å². The molecule has 1 saturated heterocycles. The molecular weight excluding hydrogens is 518 g/mol. The Kier molecular flexibility index (Phi) is 6.97. The molecule has 0 spiro atoms. The van der Waals surface area contributed by atoms with E-state index in [-0.39, 0.29) is 17.9 Å². The summed E-state index contributed by atoms with van der Waals surface area (Å²) in [5.74, 6) is 0.762. The molecule has 1 aliphatic heterocycles. The Bertz CT molecular complexity index is 1620. The number of anilines is 2. The Balaban J connectivity index is 1.56. The van der Waals surface area contributed by atoms with Crippen molar-refractivity contribution in [2.24, 2.45) is 0 Å². The number of ether oxygens (including phenoxy) is 1. The summed E-state index contributed by atoms with van der Waals surface area (Å²) < 4.78 is 8.01. The highest BCUT2D eigenvalue weighted by Crippen LogP contribution is 2.45. The minimum Gasteiger partial charge on any atom is -0.493 e. The van der Waals surface area contributed by atoms with Crippen LogP contribution in [-0.4, -0.2) is 57.4 Å². The van der Waals surface area contributed by atoms with Crippen LogP contribution < -0.4 is 20.7 Å². The smallest absolute Gasteiger partial charge is 0.252 e. The zero-order chi connectivity index (χ0) is 27.8. The van der Waals surface area contributed by atoms with E-state index in [0.717, 1.165) is 22.5 Å². The van der Waals surface area contributed by atoms with E-state index in [0.29, 0.717) is 58.4 Å². The fourth-order valence-electron chi connectivity index (χ4n) is 5.10. The molecule has 12 heteroatoms. The molecule has 4 aromatic rings. The SMILES string of the molecule is CCOc1c(C(C)n2nc(C)c3c(N)ncnc32)cc(Cl)c(C#N)c1C1CN(c2cncc(C(=O)NC)c2)C1. The summed E-state index contributed by atoms with van der Waals surface area (Å²) in [6.07, 6.45) is 4.67. The lowest BCUT2D eigenvalue weighted by atomic mass is 9.84. The highest BCUT2D eigenvalue weighted by molar-refractivity contribution is 6.32. The van der Waals surface area contributed by atoms with Gasteiger partial charge in [-0.1, -0.05) is 11.6 Å². The number of amides is 1. The molecule has 5 rings (SSSR count). The van der Waals surface area contributed by atoms with E-state index in [1.165, 1.54) is 12.5 Å². The average Bonchev–Trinajstić information content (AvgIpc) is 3.26. The lowest BCUT2D eigenvalue weighted by Gasteiger charge is -2.42. The van der Waals surface area contributed by atoms with E-state index in [9.17, 15) is 10.1 Å². The van der Waals surface area contributed by atoms with Crippen molar-refractivity contribution in [2.75, 3.05) is 37.4 Å². The molecule has 0 radical (unpaired) electrons. The monoisotopic (exact) mass is 545 g/mol. The first-order valence-corrected chi connectivity index (χ1v) is 12.9. The predicted molar refractivity (Wildman–Crippen MR) is 148 cm³/mol. The molecule has 1 atom stereocenters. The van der Waals surface area contributed by atoms with Crippen molar-refractivity contribution in [3.05, 3.63) is 63.8 Å². The standard InChI is InChI=1S/C27H28ClN9O2/c1-5-39-24-19(15(3)37-26-22(14(2)35-37)25(30)33-13-34-26)7-21(28)20(8-29)23(24)17-11-36(12-17)18-6-16(9-32-10-18)27(38)31-4/h6-7,9-10,13,15,17H,5,11-12H2,1-4H3,(H,31,38)(H2,30,33,34). The van der Waals surface area contributed by atoms with Gasteiger partial charge in [-0.2, -0.15) is 10.4 Å². The molecule has 0 bridgehead atoms. The molecular formula is C27H28ClN9O2. The van der Waals surface area contributed by atoms with E-state index >= 15 is 0 Å². The van der Waals surface area contributed by atoms with Crippen molar-refractivity contribution >= 4 is 40.0 Å². The van der Waals surface area contributed by atoms with Crippen LogP contribution >= 0.6 is 11.6 Å². The predicted octanol–water partition coefficient (Wildman–Crippen LogP) is 3.61. The molecule has 11 nitrogen and oxygen atoms in total. The number of nitrogens with one attached hydrogen (secondary N) is 1. The molecule has 0 aliphatic carbocycles. The van der Waals surface area contributed by atoms with Gasteiger partial charge in [0.05, 0.1) is 51.8 Å². The van der Waals surface area contributed by atoms with E-state index < -0.39 is 0 Å². The van der Waals surface area contributed by atoms with Gasteiger partial charge in [-0.05, 0) is 32.9 Å². The second-order valence-corrected chi connectivity index (χ2v) is 9.79. The highest BCUT2D eigenvalue weighted by Gasteiger charge is 2.36.